The van der Waals surface area contributed by atoms with E-state index in [4.69, 9.17) is 0 Å². The molecule has 2 aliphatic carbocycles. The van der Waals surface area contributed by atoms with Crippen LogP contribution >= 0.6 is 0 Å². The van der Waals surface area contributed by atoms with Crippen LogP contribution in [-0.4, -0.2) is 12.3 Å². The molecule has 1 saturated carbocycles. The first-order valence-corrected chi connectivity index (χ1v) is 30.2. The Morgan fingerprint density at radius 1 is 0.375 bits per heavy atom. The minimum Gasteiger partial charge on any atom is -0.334 e. The van der Waals surface area contributed by atoms with Gasteiger partial charge in [-0.15, -0.1) is 0 Å². The molecule has 4 heteroatoms. The van der Waals surface area contributed by atoms with E-state index in [1.54, 1.807) is 0 Å². The van der Waals surface area contributed by atoms with Gasteiger partial charge in [0, 0.05) is 50.7 Å². The minimum atomic E-state index is -0.159. The Hall–Kier alpha value is -6.78. The number of rotatable bonds is 5. The van der Waals surface area contributed by atoms with Crippen molar-refractivity contribution >= 4 is 68.6 Å². The molecule has 8 aromatic carbocycles. The third-order valence-corrected chi connectivity index (χ3v) is 20.5. The second-order valence-electron chi connectivity index (χ2n) is 29.6. The molecular formula is C76H84BN3. The average Bonchev–Trinajstić information content (AvgIpc) is 1.58. The number of anilines is 8. The van der Waals surface area contributed by atoms with E-state index in [0.29, 0.717) is 0 Å². The van der Waals surface area contributed by atoms with Crippen molar-refractivity contribution in [1.29, 1.82) is 0 Å². The van der Waals surface area contributed by atoms with Crippen molar-refractivity contribution in [2.75, 3.05) is 14.7 Å². The van der Waals surface area contributed by atoms with Gasteiger partial charge in [0.15, 0.2) is 0 Å². The summed E-state index contributed by atoms with van der Waals surface area (Å²) in [5.41, 5.74) is 27.3. The van der Waals surface area contributed by atoms with E-state index in [1.165, 1.54) is 137 Å². The molecule has 13 rings (SSSR count). The highest BCUT2D eigenvalue weighted by atomic mass is 15.3. The summed E-state index contributed by atoms with van der Waals surface area (Å²) in [5.74, 6) is 0. The lowest BCUT2D eigenvalue weighted by Crippen LogP contribution is -2.62. The third-order valence-electron chi connectivity index (χ3n) is 20.5. The lowest BCUT2D eigenvalue weighted by Gasteiger charge is -2.51. The van der Waals surface area contributed by atoms with Gasteiger partial charge in [0.25, 0.3) is 6.71 Å². The summed E-state index contributed by atoms with van der Waals surface area (Å²) < 4.78 is 0. The Bertz CT molecular complexity index is 3790. The van der Waals surface area contributed by atoms with E-state index in [9.17, 15) is 0 Å². The van der Waals surface area contributed by atoms with Gasteiger partial charge in [0.1, 0.15) is 0 Å². The standard InChI is InChI=1S/C76H84BN3/c1-70(2,3)51-32-35-62(55(42-51)49-26-18-16-19-27-49)78-65-37-34-53(72(7,8)9)44-60(65)77-61-47-58-59(74(12,13)41-40-73(58,10)11)48-66(61)79(63-36-33-52(71(4,5)6)43-56(63)50-28-20-17-21-29-50)68-46-54(45-67(78)69(68)77)80-64-31-23-22-30-57(64)75(14)38-24-25-39-76(75,80)15/h16-23,26-37,42-48H,24-25,38-41H2,1-15H3. The molecule has 3 heterocycles. The summed E-state index contributed by atoms with van der Waals surface area (Å²) in [4.78, 5) is 8.32. The Kier molecular flexibility index (Phi) is 11.7. The lowest BCUT2D eigenvalue weighted by atomic mass is 9.33. The Morgan fingerprint density at radius 2 is 0.825 bits per heavy atom. The number of para-hydroxylation sites is 1. The van der Waals surface area contributed by atoms with E-state index in [1.807, 2.05) is 0 Å². The van der Waals surface area contributed by atoms with E-state index < -0.39 is 0 Å². The second-order valence-corrected chi connectivity index (χ2v) is 29.6. The molecule has 0 saturated heterocycles. The molecule has 8 aromatic rings. The van der Waals surface area contributed by atoms with Crippen molar-refractivity contribution in [3.05, 3.63) is 197 Å². The highest BCUT2D eigenvalue weighted by Crippen LogP contribution is 2.62. The zero-order valence-corrected chi connectivity index (χ0v) is 50.8. The molecule has 0 bridgehead atoms. The van der Waals surface area contributed by atoms with E-state index in [-0.39, 0.29) is 44.7 Å². The molecule has 0 aromatic heterocycles. The van der Waals surface area contributed by atoms with Crippen LogP contribution in [0, 0.1) is 0 Å². The van der Waals surface area contributed by atoms with Gasteiger partial charge in [-0.25, -0.2) is 0 Å². The van der Waals surface area contributed by atoms with Crippen LogP contribution in [0.15, 0.2) is 164 Å². The normalized spacial score (nSPS) is 20.6. The van der Waals surface area contributed by atoms with E-state index >= 15 is 0 Å². The van der Waals surface area contributed by atoms with E-state index in [0.717, 1.165) is 19.3 Å². The Morgan fingerprint density at radius 3 is 1.36 bits per heavy atom. The van der Waals surface area contributed by atoms with Crippen LogP contribution in [0.2, 0.25) is 0 Å². The fourth-order valence-corrected chi connectivity index (χ4v) is 15.4. The van der Waals surface area contributed by atoms with Crippen LogP contribution in [0.1, 0.15) is 176 Å². The molecule has 406 valence electrons. The highest BCUT2D eigenvalue weighted by molar-refractivity contribution is 7.00. The smallest absolute Gasteiger partial charge is 0.252 e. The zero-order valence-electron chi connectivity index (χ0n) is 50.8. The number of fused-ring (bicyclic) bond motifs is 8. The zero-order chi connectivity index (χ0) is 56.3. The molecule has 5 aliphatic rings. The third kappa shape index (κ3) is 7.95. The van der Waals surface area contributed by atoms with Crippen molar-refractivity contribution in [3.8, 4) is 22.3 Å². The second kappa shape index (κ2) is 17.9. The van der Waals surface area contributed by atoms with Crippen molar-refractivity contribution < 1.29 is 0 Å². The SMILES string of the molecule is CC(C)(C)c1ccc2c(c1)B1c3cc4c(cc3N(c3ccc(C(C)(C)C)cc3-c3ccccc3)c3cc(N5c6ccccc6C6(C)CCCCC56C)cc(c31)N2c1ccc(C(C)(C)C)cc1-c1ccccc1)C(C)(C)CCC4(C)C. The first-order valence-electron chi connectivity index (χ1n) is 30.2. The monoisotopic (exact) mass is 1050 g/mol. The van der Waals surface area contributed by atoms with Gasteiger partial charge in [-0.05, 0) is 175 Å². The maximum absolute atomic E-state index is 2.83. The average molecular weight is 1050 g/mol. The van der Waals surface area contributed by atoms with E-state index in [2.05, 4.69) is 282 Å². The summed E-state index contributed by atoms with van der Waals surface area (Å²) >= 11 is 0. The highest BCUT2D eigenvalue weighted by Gasteiger charge is 2.58. The number of nitrogens with zero attached hydrogens (tertiary/aromatic N) is 3. The first-order chi connectivity index (χ1) is 37.8. The number of hydrogen-bond donors (Lipinski definition) is 0. The predicted molar refractivity (Wildman–Crippen MR) is 346 cm³/mol. The molecule has 0 radical (unpaired) electrons. The predicted octanol–water partition coefficient (Wildman–Crippen LogP) is 19.1. The molecular weight excluding hydrogens is 966 g/mol. The summed E-state index contributed by atoms with van der Waals surface area (Å²) in [5, 5.41) is 0. The van der Waals surface area contributed by atoms with Crippen LogP contribution in [0.25, 0.3) is 22.3 Å². The maximum atomic E-state index is 2.83. The fourth-order valence-electron chi connectivity index (χ4n) is 15.4. The largest absolute Gasteiger partial charge is 0.334 e. The van der Waals surface area contributed by atoms with Crippen molar-refractivity contribution in [3.63, 3.8) is 0 Å². The van der Waals surface area contributed by atoms with Crippen LogP contribution in [0.3, 0.4) is 0 Å². The topological polar surface area (TPSA) is 9.72 Å². The van der Waals surface area contributed by atoms with Crippen LogP contribution < -0.4 is 31.1 Å². The summed E-state index contributed by atoms with van der Waals surface area (Å²) in [7, 11) is 0. The van der Waals surface area contributed by atoms with Crippen molar-refractivity contribution in [2.24, 2.45) is 0 Å². The molecule has 1 fully saturated rings. The molecule has 3 aliphatic heterocycles. The molecule has 0 amide bonds. The van der Waals surface area contributed by atoms with Gasteiger partial charge >= 0.3 is 0 Å². The summed E-state index contributed by atoms with van der Waals surface area (Å²) in [6, 6.07) is 65.0. The molecule has 3 nitrogen and oxygen atoms in total. The van der Waals surface area contributed by atoms with Gasteiger partial charge < -0.3 is 14.7 Å². The molecule has 0 spiro atoms. The van der Waals surface area contributed by atoms with Gasteiger partial charge in [-0.2, -0.15) is 0 Å². The fraction of sp³-hybridized carbons (Fsp3) is 0.368. The van der Waals surface area contributed by atoms with Crippen LogP contribution in [0.4, 0.5) is 45.5 Å². The minimum absolute atomic E-state index is 0.00262. The van der Waals surface area contributed by atoms with Gasteiger partial charge in [0.05, 0.1) is 16.9 Å². The van der Waals surface area contributed by atoms with Crippen LogP contribution in [0.5, 0.6) is 0 Å². The number of hydrogen-bond acceptors (Lipinski definition) is 3. The Balaban J connectivity index is 1.23. The quantitative estimate of drug-likeness (QED) is 0.159. The first kappa shape index (κ1) is 52.6. The van der Waals surface area contributed by atoms with Crippen molar-refractivity contribution in [2.45, 2.75) is 180 Å². The summed E-state index contributed by atoms with van der Waals surface area (Å²) in [6.45, 7) is 36.4. The van der Waals surface area contributed by atoms with Gasteiger partial charge in [-0.3, -0.25) is 0 Å². The Labute approximate surface area is 480 Å². The molecule has 80 heavy (non-hydrogen) atoms. The van der Waals surface area contributed by atoms with Crippen molar-refractivity contribution in [1.82, 2.24) is 0 Å². The lowest BCUT2D eigenvalue weighted by molar-refractivity contribution is 0.195. The van der Waals surface area contributed by atoms with Gasteiger partial charge in [-0.1, -0.05) is 219 Å². The number of benzene rings is 8. The summed E-state index contributed by atoms with van der Waals surface area (Å²) in [6.07, 6.45) is 7.05. The molecule has 2 atom stereocenters. The molecule has 2 unspecified atom stereocenters. The van der Waals surface area contributed by atoms with Crippen LogP contribution in [-0.2, 0) is 32.5 Å². The maximum Gasteiger partial charge on any atom is 0.252 e. The molecule has 0 N–H and O–H groups in total. The van der Waals surface area contributed by atoms with Gasteiger partial charge in [0.2, 0.25) is 0 Å².